The number of benzene rings is 2. The molecule has 0 radical (unpaired) electrons. The van der Waals surface area contributed by atoms with Crippen LogP contribution >= 0.6 is 11.8 Å². The highest BCUT2D eigenvalue weighted by Crippen LogP contribution is 2.29. The third kappa shape index (κ3) is 4.97. The van der Waals surface area contributed by atoms with Gasteiger partial charge in [0.1, 0.15) is 11.3 Å². The van der Waals surface area contributed by atoms with Gasteiger partial charge in [-0.15, -0.1) is 0 Å². The Labute approximate surface area is 180 Å². The SMILES string of the molecule is CSCc1c(C(=O)NNC(=O)COc2cc(C)ccc2C(C)C)oc2ccccc12. The number of hydrazine groups is 1. The molecule has 0 atom stereocenters. The first kappa shape index (κ1) is 21.8. The van der Waals surface area contributed by atoms with E-state index in [-0.39, 0.29) is 18.3 Å². The van der Waals surface area contributed by atoms with Crippen molar-refractivity contribution in [2.24, 2.45) is 0 Å². The van der Waals surface area contributed by atoms with E-state index in [0.717, 1.165) is 22.1 Å². The fraction of sp³-hybridized carbons (Fsp3) is 0.304. The first-order chi connectivity index (χ1) is 14.4. The van der Waals surface area contributed by atoms with Gasteiger partial charge in [0.05, 0.1) is 0 Å². The molecular formula is C23H26N2O4S. The molecule has 30 heavy (non-hydrogen) atoms. The number of hydrogen-bond donors (Lipinski definition) is 2. The van der Waals surface area contributed by atoms with Crippen molar-refractivity contribution in [3.05, 3.63) is 64.9 Å². The Bertz CT molecular complexity index is 1060. The van der Waals surface area contributed by atoms with Crippen LogP contribution in [0.25, 0.3) is 11.0 Å². The van der Waals surface area contributed by atoms with Crippen LogP contribution in [0.2, 0.25) is 0 Å². The van der Waals surface area contributed by atoms with Gasteiger partial charge in [0.2, 0.25) is 0 Å². The first-order valence-corrected chi connectivity index (χ1v) is 11.1. The summed E-state index contributed by atoms with van der Waals surface area (Å²) in [5.41, 5.74) is 8.35. The van der Waals surface area contributed by atoms with Gasteiger partial charge in [0.25, 0.3) is 5.91 Å². The fourth-order valence-electron chi connectivity index (χ4n) is 3.18. The number of aryl methyl sites for hydroxylation is 1. The summed E-state index contributed by atoms with van der Waals surface area (Å²) in [6, 6.07) is 13.4. The van der Waals surface area contributed by atoms with Crippen LogP contribution in [0.4, 0.5) is 0 Å². The molecule has 2 N–H and O–H groups in total. The van der Waals surface area contributed by atoms with Crippen LogP contribution in [-0.4, -0.2) is 24.7 Å². The Morgan fingerprint density at radius 3 is 2.63 bits per heavy atom. The van der Waals surface area contributed by atoms with Gasteiger partial charge in [0.15, 0.2) is 12.4 Å². The van der Waals surface area contributed by atoms with Gasteiger partial charge < -0.3 is 9.15 Å². The molecule has 1 aromatic heterocycles. The number of ether oxygens (including phenoxy) is 1. The highest BCUT2D eigenvalue weighted by atomic mass is 32.2. The van der Waals surface area contributed by atoms with Gasteiger partial charge in [-0.3, -0.25) is 20.4 Å². The molecule has 0 spiro atoms. The number of para-hydroxylation sites is 1. The van der Waals surface area contributed by atoms with Crippen molar-refractivity contribution in [2.45, 2.75) is 32.4 Å². The molecule has 0 aliphatic rings. The molecule has 2 aromatic carbocycles. The quantitative estimate of drug-likeness (QED) is 0.541. The van der Waals surface area contributed by atoms with Gasteiger partial charge in [-0.05, 0) is 42.4 Å². The summed E-state index contributed by atoms with van der Waals surface area (Å²) >= 11 is 1.59. The molecule has 0 saturated heterocycles. The lowest BCUT2D eigenvalue weighted by atomic mass is 10.0. The molecule has 7 heteroatoms. The third-order valence-corrected chi connectivity index (χ3v) is 5.24. The lowest BCUT2D eigenvalue weighted by Gasteiger charge is -2.15. The van der Waals surface area contributed by atoms with Crippen molar-refractivity contribution < 1.29 is 18.7 Å². The first-order valence-electron chi connectivity index (χ1n) is 9.72. The molecule has 0 saturated carbocycles. The van der Waals surface area contributed by atoms with Crippen molar-refractivity contribution in [3.63, 3.8) is 0 Å². The maximum absolute atomic E-state index is 12.6. The van der Waals surface area contributed by atoms with Crippen LogP contribution in [0.15, 0.2) is 46.9 Å². The van der Waals surface area contributed by atoms with Crippen LogP contribution < -0.4 is 15.6 Å². The molecule has 2 amide bonds. The molecule has 158 valence electrons. The van der Waals surface area contributed by atoms with Crippen molar-refractivity contribution in [1.82, 2.24) is 10.9 Å². The highest BCUT2D eigenvalue weighted by Gasteiger charge is 2.20. The molecule has 3 rings (SSSR count). The third-order valence-electron chi connectivity index (χ3n) is 4.66. The Hall–Kier alpha value is -2.93. The number of carbonyl (C=O) groups excluding carboxylic acids is 2. The lowest BCUT2D eigenvalue weighted by Crippen LogP contribution is -2.44. The molecule has 0 aliphatic carbocycles. The average Bonchev–Trinajstić information content (AvgIpc) is 3.09. The summed E-state index contributed by atoms with van der Waals surface area (Å²) in [4.78, 5) is 24.8. The normalized spacial score (nSPS) is 11.0. The molecule has 0 unspecified atom stereocenters. The Balaban J connectivity index is 1.63. The van der Waals surface area contributed by atoms with Crippen molar-refractivity contribution in [3.8, 4) is 5.75 Å². The summed E-state index contributed by atoms with van der Waals surface area (Å²) in [7, 11) is 0. The average molecular weight is 427 g/mol. The molecule has 0 aliphatic heterocycles. The standard InChI is InChI=1S/C23H26N2O4S/c1-14(2)16-10-9-15(3)11-20(16)28-12-21(26)24-25-23(27)22-18(13-30-4)17-7-5-6-8-19(17)29-22/h5-11,14H,12-13H2,1-4H3,(H,24,26)(H,25,27). The van der Waals surface area contributed by atoms with Crippen LogP contribution in [0.1, 0.15) is 47.0 Å². The molecule has 0 fully saturated rings. The fourth-order valence-corrected chi connectivity index (χ4v) is 3.75. The van der Waals surface area contributed by atoms with E-state index < -0.39 is 11.8 Å². The maximum atomic E-state index is 12.6. The predicted octanol–water partition coefficient (Wildman–Crippen LogP) is 4.57. The van der Waals surface area contributed by atoms with Gasteiger partial charge in [0, 0.05) is 16.7 Å². The minimum atomic E-state index is -0.498. The summed E-state index contributed by atoms with van der Waals surface area (Å²) in [5.74, 6) is 0.816. The zero-order valence-corrected chi connectivity index (χ0v) is 18.4. The second-order valence-corrected chi connectivity index (χ2v) is 8.19. The van der Waals surface area contributed by atoms with Crippen molar-refractivity contribution in [1.29, 1.82) is 0 Å². The Morgan fingerprint density at radius 2 is 1.90 bits per heavy atom. The summed E-state index contributed by atoms with van der Waals surface area (Å²) in [5, 5.41) is 0.896. The van der Waals surface area contributed by atoms with E-state index >= 15 is 0 Å². The van der Waals surface area contributed by atoms with Crippen LogP contribution in [0.5, 0.6) is 5.75 Å². The predicted molar refractivity (Wildman–Crippen MR) is 120 cm³/mol. The monoisotopic (exact) mass is 426 g/mol. The maximum Gasteiger partial charge on any atom is 0.305 e. The molecular weight excluding hydrogens is 400 g/mol. The van der Waals surface area contributed by atoms with Crippen LogP contribution in [0.3, 0.4) is 0 Å². The van der Waals surface area contributed by atoms with E-state index in [2.05, 4.69) is 24.7 Å². The minimum absolute atomic E-state index is 0.201. The number of carbonyl (C=O) groups is 2. The lowest BCUT2D eigenvalue weighted by molar-refractivity contribution is -0.123. The largest absolute Gasteiger partial charge is 0.483 e. The second-order valence-electron chi connectivity index (χ2n) is 7.33. The van der Waals surface area contributed by atoms with Gasteiger partial charge in [-0.1, -0.05) is 44.2 Å². The molecule has 6 nitrogen and oxygen atoms in total. The molecule has 3 aromatic rings. The Kier molecular flexibility index (Phi) is 7.05. The topological polar surface area (TPSA) is 80.6 Å². The van der Waals surface area contributed by atoms with Crippen LogP contribution in [-0.2, 0) is 10.5 Å². The highest BCUT2D eigenvalue weighted by molar-refractivity contribution is 7.97. The van der Waals surface area contributed by atoms with E-state index in [0.29, 0.717) is 17.1 Å². The van der Waals surface area contributed by atoms with Gasteiger partial charge in [-0.25, -0.2) is 0 Å². The number of furan rings is 1. The van der Waals surface area contributed by atoms with Crippen LogP contribution in [0, 0.1) is 6.92 Å². The number of amides is 2. The van der Waals surface area contributed by atoms with E-state index in [4.69, 9.17) is 9.15 Å². The molecule has 0 bridgehead atoms. The van der Waals surface area contributed by atoms with E-state index in [9.17, 15) is 9.59 Å². The number of thioether (sulfide) groups is 1. The second kappa shape index (κ2) is 9.71. The Morgan fingerprint density at radius 1 is 1.13 bits per heavy atom. The van der Waals surface area contributed by atoms with Gasteiger partial charge in [-0.2, -0.15) is 11.8 Å². The number of fused-ring (bicyclic) bond motifs is 1. The zero-order valence-electron chi connectivity index (χ0n) is 17.6. The summed E-state index contributed by atoms with van der Waals surface area (Å²) in [6.07, 6.45) is 1.96. The minimum Gasteiger partial charge on any atom is -0.483 e. The summed E-state index contributed by atoms with van der Waals surface area (Å²) < 4.78 is 11.4. The van der Waals surface area contributed by atoms with E-state index in [1.54, 1.807) is 11.8 Å². The van der Waals surface area contributed by atoms with E-state index in [1.165, 1.54) is 0 Å². The number of hydrogen-bond acceptors (Lipinski definition) is 5. The van der Waals surface area contributed by atoms with Crippen molar-refractivity contribution in [2.75, 3.05) is 12.9 Å². The van der Waals surface area contributed by atoms with E-state index in [1.807, 2.05) is 55.6 Å². The number of nitrogens with one attached hydrogen (secondary N) is 2. The zero-order chi connectivity index (χ0) is 21.7. The number of rotatable bonds is 7. The smallest absolute Gasteiger partial charge is 0.305 e. The van der Waals surface area contributed by atoms with Crippen molar-refractivity contribution >= 4 is 34.5 Å². The van der Waals surface area contributed by atoms with Gasteiger partial charge >= 0.3 is 5.91 Å². The summed E-state index contributed by atoms with van der Waals surface area (Å²) in [6.45, 7) is 5.90. The molecule has 1 heterocycles.